The van der Waals surface area contributed by atoms with Crippen molar-refractivity contribution < 1.29 is 27.9 Å². The Balaban J connectivity index is 2.67. The number of hydrogen-bond donors (Lipinski definition) is 0. The Morgan fingerprint density at radius 2 is 1.70 bits per heavy atom. The first-order valence-electron chi connectivity index (χ1n) is 6.35. The van der Waals surface area contributed by atoms with E-state index in [1.54, 1.807) is 20.8 Å². The molecule has 20 heavy (non-hydrogen) atoms. The van der Waals surface area contributed by atoms with E-state index in [-0.39, 0.29) is 19.0 Å². The maximum atomic E-state index is 12.2. The van der Waals surface area contributed by atoms with E-state index in [1.165, 1.54) is 24.3 Å². The van der Waals surface area contributed by atoms with Gasteiger partial charge in [0.1, 0.15) is 11.8 Å². The smallest absolute Gasteiger partial charge is 0.341 e. The summed E-state index contributed by atoms with van der Waals surface area (Å²) in [5, 5.41) is 0. The average molecular weight is 302 g/mol. The van der Waals surface area contributed by atoms with Gasteiger partial charge < -0.3 is 13.8 Å². The molecular weight excluding hydrogens is 283 g/mol. The maximum absolute atomic E-state index is 12.2. The Morgan fingerprint density at radius 3 is 2.15 bits per heavy atom. The van der Waals surface area contributed by atoms with E-state index in [0.29, 0.717) is 0 Å². The van der Waals surface area contributed by atoms with Crippen LogP contribution in [0.5, 0.6) is 0 Å². The maximum Gasteiger partial charge on any atom is 0.341 e. The molecular formula is C13H19O6P. The van der Waals surface area contributed by atoms with E-state index >= 15 is 0 Å². The zero-order valence-corrected chi connectivity index (χ0v) is 12.7. The second-order valence-corrected chi connectivity index (χ2v) is 6.39. The fourth-order valence-electron chi connectivity index (χ4n) is 1.63. The molecule has 0 heterocycles. The highest BCUT2D eigenvalue weighted by Crippen LogP contribution is 2.48. The number of rotatable bonds is 7. The fourth-order valence-corrected chi connectivity index (χ4v) is 3.06. The van der Waals surface area contributed by atoms with Crippen LogP contribution in [0.3, 0.4) is 0 Å². The summed E-state index contributed by atoms with van der Waals surface area (Å²) in [5.41, 5.74) is -1.02. The third kappa shape index (κ3) is 5.04. The number of ketones is 1. The predicted molar refractivity (Wildman–Crippen MR) is 73.5 cm³/mol. The van der Waals surface area contributed by atoms with Crippen molar-refractivity contribution in [2.45, 2.75) is 26.4 Å². The topological polar surface area (TPSA) is 78.9 Å². The summed E-state index contributed by atoms with van der Waals surface area (Å²) in [6.07, 6.45) is 5.12. The predicted octanol–water partition coefficient (Wildman–Crippen LogP) is 2.25. The Morgan fingerprint density at radius 1 is 1.20 bits per heavy atom. The summed E-state index contributed by atoms with van der Waals surface area (Å²) < 4.78 is 27.4. The van der Waals surface area contributed by atoms with Gasteiger partial charge in [0.15, 0.2) is 5.78 Å². The molecule has 7 heteroatoms. The van der Waals surface area contributed by atoms with Crippen LogP contribution in [0.1, 0.15) is 20.8 Å². The van der Waals surface area contributed by atoms with Gasteiger partial charge in [0.25, 0.3) is 0 Å². The summed E-state index contributed by atoms with van der Waals surface area (Å²) in [6, 6.07) is 0. The van der Waals surface area contributed by atoms with Crippen LogP contribution in [0.25, 0.3) is 0 Å². The molecule has 0 amide bonds. The van der Waals surface area contributed by atoms with Crippen LogP contribution in [0.2, 0.25) is 0 Å². The van der Waals surface area contributed by atoms with Crippen molar-refractivity contribution in [3.8, 4) is 0 Å². The number of carbonyl (C=O) groups is 2. The highest BCUT2D eigenvalue weighted by atomic mass is 31.2. The monoisotopic (exact) mass is 302 g/mol. The molecule has 1 rings (SSSR count). The van der Waals surface area contributed by atoms with Gasteiger partial charge >= 0.3 is 13.6 Å². The molecule has 112 valence electrons. The van der Waals surface area contributed by atoms with Crippen LogP contribution in [-0.2, 0) is 27.9 Å². The molecule has 0 radical (unpaired) electrons. The number of carbonyl (C=O) groups excluding carboxylic acids is 2. The zero-order chi connectivity index (χ0) is 15.2. The molecule has 1 aliphatic carbocycles. The summed E-state index contributed by atoms with van der Waals surface area (Å²) >= 11 is 0. The van der Waals surface area contributed by atoms with Gasteiger partial charge in [-0.2, -0.15) is 0 Å². The highest BCUT2D eigenvalue weighted by Gasteiger charge is 2.32. The third-order valence-electron chi connectivity index (χ3n) is 2.47. The second-order valence-electron chi connectivity index (χ2n) is 4.33. The summed E-state index contributed by atoms with van der Waals surface area (Å²) in [4.78, 5) is 22.9. The summed E-state index contributed by atoms with van der Waals surface area (Å²) in [7, 11) is -3.47. The van der Waals surface area contributed by atoms with Gasteiger partial charge in [-0.05, 0) is 45.1 Å². The molecule has 0 spiro atoms. The normalized spacial score (nSPS) is 17.2. The van der Waals surface area contributed by atoms with Crippen molar-refractivity contribution in [3.05, 3.63) is 24.3 Å². The van der Waals surface area contributed by atoms with Gasteiger partial charge in [0.2, 0.25) is 0 Å². The van der Waals surface area contributed by atoms with Crippen LogP contribution < -0.4 is 0 Å². The molecule has 0 aromatic heterocycles. The van der Waals surface area contributed by atoms with Crippen LogP contribution in [0, 0.1) is 0 Å². The lowest BCUT2D eigenvalue weighted by atomic mass is 10.00. The lowest BCUT2D eigenvalue weighted by molar-refractivity contribution is -0.147. The van der Waals surface area contributed by atoms with Gasteiger partial charge in [-0.1, -0.05) is 0 Å². The summed E-state index contributed by atoms with van der Waals surface area (Å²) in [6.45, 7) is 5.30. The molecule has 0 fully saturated rings. The SMILES string of the molecule is CCOP(=O)(CC(=O)OC1(C)C=CC(=O)C=C1)OCC. The van der Waals surface area contributed by atoms with Gasteiger partial charge in [-0.15, -0.1) is 0 Å². The molecule has 0 unspecified atom stereocenters. The summed E-state index contributed by atoms with van der Waals surface area (Å²) in [5.74, 6) is -0.880. The number of allylic oxidation sites excluding steroid dienone is 2. The van der Waals surface area contributed by atoms with E-state index in [4.69, 9.17) is 13.8 Å². The average Bonchev–Trinajstić information content (AvgIpc) is 2.33. The van der Waals surface area contributed by atoms with Gasteiger partial charge in [-0.25, -0.2) is 0 Å². The molecule has 0 N–H and O–H groups in total. The fraction of sp³-hybridized carbons (Fsp3) is 0.538. The number of hydrogen-bond acceptors (Lipinski definition) is 6. The Hall–Kier alpha value is -1.23. The van der Waals surface area contributed by atoms with E-state index in [2.05, 4.69) is 0 Å². The molecule has 0 saturated heterocycles. The van der Waals surface area contributed by atoms with Crippen LogP contribution in [0.4, 0.5) is 0 Å². The molecule has 0 aliphatic heterocycles. The van der Waals surface area contributed by atoms with E-state index in [1.807, 2.05) is 0 Å². The largest absolute Gasteiger partial charge is 0.450 e. The minimum atomic E-state index is -3.47. The molecule has 1 aliphatic rings. The number of esters is 1. The Bertz CT molecular complexity index is 453. The zero-order valence-electron chi connectivity index (χ0n) is 11.8. The number of ether oxygens (including phenoxy) is 1. The van der Waals surface area contributed by atoms with Crippen molar-refractivity contribution in [3.63, 3.8) is 0 Å². The van der Waals surface area contributed by atoms with Crippen molar-refractivity contribution >= 4 is 19.3 Å². The van der Waals surface area contributed by atoms with E-state index < -0.39 is 25.3 Å². The van der Waals surface area contributed by atoms with Crippen LogP contribution >= 0.6 is 7.60 Å². The molecule has 6 nitrogen and oxygen atoms in total. The van der Waals surface area contributed by atoms with E-state index in [0.717, 1.165) is 0 Å². The van der Waals surface area contributed by atoms with Crippen LogP contribution in [-0.4, -0.2) is 36.7 Å². The molecule has 0 atom stereocenters. The third-order valence-corrected chi connectivity index (χ3v) is 4.41. The molecule has 0 bridgehead atoms. The lowest BCUT2D eigenvalue weighted by Crippen LogP contribution is -2.30. The highest BCUT2D eigenvalue weighted by molar-refractivity contribution is 7.54. The first-order chi connectivity index (χ1) is 9.32. The first kappa shape index (κ1) is 16.8. The lowest BCUT2D eigenvalue weighted by Gasteiger charge is -2.25. The van der Waals surface area contributed by atoms with Crippen molar-refractivity contribution in [2.75, 3.05) is 19.4 Å². The Kier molecular flexibility index (Phi) is 5.87. The minimum absolute atomic E-state index is 0.173. The van der Waals surface area contributed by atoms with Crippen molar-refractivity contribution in [1.29, 1.82) is 0 Å². The molecule has 0 aromatic rings. The Labute approximate surface area is 118 Å². The minimum Gasteiger partial charge on any atom is -0.450 e. The van der Waals surface area contributed by atoms with Crippen molar-refractivity contribution in [2.24, 2.45) is 0 Å². The first-order valence-corrected chi connectivity index (χ1v) is 8.07. The second kappa shape index (κ2) is 6.97. The molecule has 0 aromatic carbocycles. The quantitative estimate of drug-likeness (QED) is 0.530. The van der Waals surface area contributed by atoms with Crippen molar-refractivity contribution in [1.82, 2.24) is 0 Å². The van der Waals surface area contributed by atoms with Crippen LogP contribution in [0.15, 0.2) is 24.3 Å². The van der Waals surface area contributed by atoms with Gasteiger partial charge in [-0.3, -0.25) is 14.2 Å². The van der Waals surface area contributed by atoms with Gasteiger partial charge in [0.05, 0.1) is 13.2 Å². The van der Waals surface area contributed by atoms with E-state index in [9.17, 15) is 14.2 Å². The van der Waals surface area contributed by atoms with Gasteiger partial charge in [0, 0.05) is 0 Å². The molecule has 0 saturated carbocycles. The standard InChI is InChI=1S/C13H19O6P/c1-4-17-20(16,18-5-2)10-12(15)19-13(3)8-6-11(14)7-9-13/h6-9H,4-5,10H2,1-3H3.